The van der Waals surface area contributed by atoms with Gasteiger partial charge in [0.2, 0.25) is 0 Å². The number of carbonyl (C=O) groups excluding carboxylic acids is 1. The van der Waals surface area contributed by atoms with Gasteiger partial charge in [-0.05, 0) is 49.8 Å². The zero-order valence-corrected chi connectivity index (χ0v) is 22.6. The molecule has 4 N–H and O–H groups in total. The lowest BCUT2D eigenvalue weighted by atomic mass is 9.92. The summed E-state index contributed by atoms with van der Waals surface area (Å²) in [5.74, 6) is 1.60. The summed E-state index contributed by atoms with van der Waals surface area (Å²) < 4.78 is 5.17. The molecule has 2 aliphatic heterocycles. The maximum atomic E-state index is 12.2. The van der Waals surface area contributed by atoms with E-state index < -0.39 is 18.1 Å². The summed E-state index contributed by atoms with van der Waals surface area (Å²) in [6.07, 6.45) is 4.84. The number of ether oxygens (including phenoxy) is 1. The van der Waals surface area contributed by atoms with E-state index in [1.54, 1.807) is 0 Å². The number of hydrogen-bond acceptors (Lipinski definition) is 9. The van der Waals surface area contributed by atoms with E-state index in [9.17, 15) is 14.7 Å². The van der Waals surface area contributed by atoms with Crippen LogP contribution in [-0.2, 0) is 22.6 Å². The van der Waals surface area contributed by atoms with Crippen LogP contribution in [0, 0.1) is 6.92 Å². The van der Waals surface area contributed by atoms with Crippen LogP contribution in [0.1, 0.15) is 47.6 Å². The molecular weight excluding hydrogens is 510 g/mol. The second-order valence-electron chi connectivity index (χ2n) is 10.2. The van der Waals surface area contributed by atoms with Crippen molar-refractivity contribution in [1.82, 2.24) is 20.3 Å². The van der Waals surface area contributed by atoms with E-state index in [2.05, 4.69) is 43.0 Å². The molecule has 0 saturated carbocycles. The first kappa shape index (κ1) is 27.2. The molecule has 3 aromatic rings. The summed E-state index contributed by atoms with van der Waals surface area (Å²) in [5.41, 5.74) is 4.08. The Bertz CT molecular complexity index is 1330. The van der Waals surface area contributed by atoms with Crippen LogP contribution in [0.3, 0.4) is 0 Å². The number of carboxylic acids is 1. The third-order valence-electron chi connectivity index (χ3n) is 7.46. The van der Waals surface area contributed by atoms with Gasteiger partial charge in [0.15, 0.2) is 0 Å². The van der Waals surface area contributed by atoms with Crippen molar-refractivity contribution in [3.8, 4) is 0 Å². The average molecular weight is 546 g/mol. The fraction of sp³-hybridized carbons (Fsp3) is 0.414. The van der Waals surface area contributed by atoms with Gasteiger partial charge in [-0.2, -0.15) is 0 Å². The SMILES string of the molecule is Cc1c(NC[C@@H](NC(=O)OCc2ccccc2)C(=O)O)ncnc1N1CCC(c2ccc3c(n2)NCCC3)CC1. The van der Waals surface area contributed by atoms with Gasteiger partial charge in [0.25, 0.3) is 0 Å². The molecule has 4 heterocycles. The molecule has 5 rings (SSSR count). The molecule has 1 aromatic carbocycles. The van der Waals surface area contributed by atoms with Crippen LogP contribution in [0.15, 0.2) is 48.8 Å². The number of aryl methyl sites for hydroxylation is 1. The highest BCUT2D eigenvalue weighted by Crippen LogP contribution is 2.33. The van der Waals surface area contributed by atoms with E-state index in [1.165, 1.54) is 11.9 Å². The van der Waals surface area contributed by atoms with E-state index >= 15 is 0 Å². The number of aromatic nitrogens is 3. The fourth-order valence-electron chi connectivity index (χ4n) is 5.20. The van der Waals surface area contributed by atoms with Crippen molar-refractivity contribution in [1.29, 1.82) is 0 Å². The lowest BCUT2D eigenvalue weighted by Gasteiger charge is -2.34. The standard InChI is InChI=1S/C29H35N7O4/c1-19-25(31-16-24(28(37)38)35-29(39)40-17-20-6-3-2-4-7-20)32-18-33-27(19)36-14-11-21(12-15-36)23-10-9-22-8-5-13-30-26(22)34-23/h2-4,6-7,9-10,18,21,24H,5,8,11-17H2,1H3,(H,30,34)(H,35,39)(H,37,38)(H,31,32,33)/t24-/m1/s1. The van der Waals surface area contributed by atoms with Crippen LogP contribution < -0.4 is 20.9 Å². The quantitative estimate of drug-likeness (QED) is 0.314. The second-order valence-corrected chi connectivity index (χ2v) is 10.2. The maximum absolute atomic E-state index is 12.2. The van der Waals surface area contributed by atoms with Gasteiger partial charge in [-0.1, -0.05) is 36.4 Å². The largest absolute Gasteiger partial charge is 0.480 e. The smallest absolute Gasteiger partial charge is 0.408 e. The Morgan fingerprint density at radius 1 is 1.15 bits per heavy atom. The van der Waals surface area contributed by atoms with E-state index in [0.717, 1.165) is 73.8 Å². The lowest BCUT2D eigenvalue weighted by Crippen LogP contribution is -2.45. The number of benzene rings is 1. The lowest BCUT2D eigenvalue weighted by molar-refractivity contribution is -0.139. The van der Waals surface area contributed by atoms with Crippen molar-refractivity contribution < 1.29 is 19.4 Å². The highest BCUT2D eigenvalue weighted by molar-refractivity contribution is 5.80. The molecule has 40 heavy (non-hydrogen) atoms. The number of nitrogens with zero attached hydrogens (tertiary/aromatic N) is 4. The average Bonchev–Trinajstić information content (AvgIpc) is 2.99. The molecule has 2 aliphatic rings. The summed E-state index contributed by atoms with van der Waals surface area (Å²) >= 11 is 0. The molecule has 2 aromatic heterocycles. The van der Waals surface area contributed by atoms with Crippen molar-refractivity contribution >= 4 is 29.5 Å². The molecule has 11 nitrogen and oxygen atoms in total. The summed E-state index contributed by atoms with van der Waals surface area (Å²) in [6, 6.07) is 12.4. The van der Waals surface area contributed by atoms with Crippen molar-refractivity contribution in [2.24, 2.45) is 0 Å². The first-order chi connectivity index (χ1) is 19.5. The minimum Gasteiger partial charge on any atom is -0.480 e. The number of nitrogens with one attached hydrogen (secondary N) is 3. The van der Waals surface area contributed by atoms with Crippen LogP contribution in [0.4, 0.5) is 22.2 Å². The highest BCUT2D eigenvalue weighted by Gasteiger charge is 2.26. The highest BCUT2D eigenvalue weighted by atomic mass is 16.5. The van der Waals surface area contributed by atoms with Crippen LogP contribution in [0.2, 0.25) is 0 Å². The summed E-state index contributed by atoms with van der Waals surface area (Å²) in [5, 5.41) is 18.5. The van der Waals surface area contributed by atoms with Crippen molar-refractivity contribution in [2.45, 2.75) is 51.2 Å². The zero-order valence-electron chi connectivity index (χ0n) is 22.6. The molecule has 1 fully saturated rings. The minimum absolute atomic E-state index is 0.0525. The number of alkyl carbamates (subject to hydrolysis) is 1. The molecule has 0 unspecified atom stereocenters. The van der Waals surface area contributed by atoms with Gasteiger partial charge in [-0.25, -0.2) is 24.5 Å². The number of hydrogen-bond donors (Lipinski definition) is 4. The molecule has 1 atom stereocenters. The number of pyridine rings is 1. The molecule has 0 aliphatic carbocycles. The predicted molar refractivity (Wildman–Crippen MR) is 152 cm³/mol. The van der Waals surface area contributed by atoms with Crippen LogP contribution >= 0.6 is 0 Å². The topological polar surface area (TPSA) is 142 Å². The summed E-state index contributed by atoms with van der Waals surface area (Å²) in [7, 11) is 0. The Hall–Kier alpha value is -4.41. The number of aliphatic carboxylic acids is 1. The van der Waals surface area contributed by atoms with Gasteiger partial charge < -0.3 is 30.7 Å². The number of piperidine rings is 1. The van der Waals surface area contributed by atoms with Gasteiger partial charge in [0, 0.05) is 43.4 Å². The van der Waals surface area contributed by atoms with Crippen LogP contribution in [0.5, 0.6) is 0 Å². The molecule has 1 saturated heterocycles. The summed E-state index contributed by atoms with van der Waals surface area (Å²) in [4.78, 5) is 40.0. The van der Waals surface area contributed by atoms with E-state index in [-0.39, 0.29) is 13.2 Å². The molecule has 1 amide bonds. The van der Waals surface area contributed by atoms with Gasteiger partial charge >= 0.3 is 12.1 Å². The van der Waals surface area contributed by atoms with Gasteiger partial charge in [0.1, 0.15) is 36.4 Å². The van der Waals surface area contributed by atoms with Gasteiger partial charge in [0.05, 0.1) is 0 Å². The van der Waals surface area contributed by atoms with E-state index in [1.807, 2.05) is 37.3 Å². The Balaban J connectivity index is 1.15. The molecule has 0 bridgehead atoms. The Kier molecular flexibility index (Phi) is 8.58. The summed E-state index contributed by atoms with van der Waals surface area (Å²) in [6.45, 7) is 4.55. The number of fused-ring (bicyclic) bond motifs is 1. The first-order valence-corrected chi connectivity index (χ1v) is 13.7. The van der Waals surface area contributed by atoms with Crippen LogP contribution in [0.25, 0.3) is 0 Å². The molecule has 0 radical (unpaired) electrons. The number of anilines is 3. The van der Waals surface area contributed by atoms with Crippen LogP contribution in [-0.4, -0.2) is 64.3 Å². The Labute approximate surface area is 233 Å². The van der Waals surface area contributed by atoms with Crippen molar-refractivity contribution in [2.75, 3.05) is 41.7 Å². The van der Waals surface area contributed by atoms with Gasteiger partial charge in [-0.3, -0.25) is 0 Å². The second kappa shape index (κ2) is 12.6. The van der Waals surface area contributed by atoms with E-state index in [4.69, 9.17) is 9.72 Å². The third-order valence-corrected chi connectivity index (χ3v) is 7.46. The fourth-order valence-corrected chi connectivity index (χ4v) is 5.20. The number of carbonyl (C=O) groups is 2. The molecule has 0 spiro atoms. The molecule has 210 valence electrons. The Morgan fingerprint density at radius 3 is 2.73 bits per heavy atom. The maximum Gasteiger partial charge on any atom is 0.408 e. The third kappa shape index (κ3) is 6.59. The monoisotopic (exact) mass is 545 g/mol. The number of rotatable bonds is 9. The van der Waals surface area contributed by atoms with E-state index in [0.29, 0.717) is 11.7 Å². The van der Waals surface area contributed by atoms with Crippen molar-refractivity contribution in [3.05, 3.63) is 71.2 Å². The predicted octanol–water partition coefficient (Wildman–Crippen LogP) is 3.71. The normalized spacial score (nSPS) is 15.9. The number of carboxylic acid groups (broad SMARTS) is 1. The number of amides is 1. The molecule has 11 heteroatoms. The first-order valence-electron chi connectivity index (χ1n) is 13.7. The van der Waals surface area contributed by atoms with Gasteiger partial charge in [-0.15, -0.1) is 0 Å². The minimum atomic E-state index is -1.20. The molecular formula is C29H35N7O4. The zero-order chi connectivity index (χ0) is 27.9. The Morgan fingerprint density at radius 2 is 1.95 bits per heavy atom. The van der Waals surface area contributed by atoms with Crippen molar-refractivity contribution in [3.63, 3.8) is 0 Å².